The van der Waals surface area contributed by atoms with Crippen LogP contribution in [0.2, 0.25) is 0 Å². The fourth-order valence-corrected chi connectivity index (χ4v) is 2.74. The maximum Gasteiger partial charge on any atom is 0.162 e. The first-order chi connectivity index (χ1) is 11.2. The molecule has 0 bridgehead atoms. The summed E-state index contributed by atoms with van der Waals surface area (Å²) in [7, 11) is 0. The number of aryl methyl sites for hydroxylation is 1. The van der Waals surface area contributed by atoms with E-state index >= 15 is 0 Å². The molecule has 0 atom stereocenters. The SMILES string of the molecule is CCNCc1cc(OCC)c(OCc2ccccc2C)cc1Br. The fraction of sp³-hybridized carbons (Fsp3) is 0.368. The number of halogens is 1. The highest BCUT2D eigenvalue weighted by Crippen LogP contribution is 2.34. The van der Waals surface area contributed by atoms with Gasteiger partial charge in [0, 0.05) is 11.0 Å². The molecule has 0 saturated heterocycles. The molecule has 0 spiro atoms. The van der Waals surface area contributed by atoms with Crippen LogP contribution in [0, 0.1) is 6.92 Å². The monoisotopic (exact) mass is 377 g/mol. The van der Waals surface area contributed by atoms with E-state index in [1.807, 2.05) is 31.2 Å². The van der Waals surface area contributed by atoms with Crippen molar-refractivity contribution in [2.24, 2.45) is 0 Å². The summed E-state index contributed by atoms with van der Waals surface area (Å²) >= 11 is 3.63. The molecule has 0 radical (unpaired) electrons. The van der Waals surface area contributed by atoms with Gasteiger partial charge in [-0.05, 0) is 49.2 Å². The lowest BCUT2D eigenvalue weighted by atomic mass is 10.1. The Bertz CT molecular complexity index is 643. The first kappa shape index (κ1) is 17.8. The number of nitrogens with one attached hydrogen (secondary N) is 1. The quantitative estimate of drug-likeness (QED) is 0.713. The van der Waals surface area contributed by atoms with Crippen molar-refractivity contribution in [3.8, 4) is 11.5 Å². The van der Waals surface area contributed by atoms with Crippen LogP contribution in [0.5, 0.6) is 11.5 Å². The van der Waals surface area contributed by atoms with Gasteiger partial charge in [0.05, 0.1) is 6.61 Å². The molecule has 0 amide bonds. The maximum absolute atomic E-state index is 6.02. The van der Waals surface area contributed by atoms with Crippen molar-refractivity contribution in [1.29, 1.82) is 0 Å². The van der Waals surface area contributed by atoms with Crippen molar-refractivity contribution in [3.05, 3.63) is 57.6 Å². The molecule has 0 aromatic heterocycles. The molecule has 3 nitrogen and oxygen atoms in total. The van der Waals surface area contributed by atoms with E-state index in [0.29, 0.717) is 13.2 Å². The lowest BCUT2D eigenvalue weighted by Crippen LogP contribution is -2.12. The highest BCUT2D eigenvalue weighted by molar-refractivity contribution is 9.10. The van der Waals surface area contributed by atoms with Gasteiger partial charge in [0.1, 0.15) is 6.61 Å². The van der Waals surface area contributed by atoms with E-state index in [0.717, 1.165) is 29.1 Å². The van der Waals surface area contributed by atoms with E-state index in [-0.39, 0.29) is 0 Å². The van der Waals surface area contributed by atoms with Crippen molar-refractivity contribution < 1.29 is 9.47 Å². The average molecular weight is 378 g/mol. The summed E-state index contributed by atoms with van der Waals surface area (Å²) in [5.41, 5.74) is 3.58. The molecule has 0 fully saturated rings. The van der Waals surface area contributed by atoms with Crippen LogP contribution in [0.25, 0.3) is 0 Å². The minimum Gasteiger partial charge on any atom is -0.490 e. The Morgan fingerprint density at radius 1 is 1.00 bits per heavy atom. The van der Waals surface area contributed by atoms with Gasteiger partial charge in [-0.15, -0.1) is 0 Å². The van der Waals surface area contributed by atoms with Crippen molar-refractivity contribution in [3.63, 3.8) is 0 Å². The Hall–Kier alpha value is -1.52. The molecule has 0 aliphatic heterocycles. The van der Waals surface area contributed by atoms with E-state index in [1.54, 1.807) is 0 Å². The molecule has 0 saturated carbocycles. The fourth-order valence-electron chi connectivity index (χ4n) is 2.28. The Labute approximate surface area is 147 Å². The smallest absolute Gasteiger partial charge is 0.162 e. The predicted octanol–water partition coefficient (Wildman–Crippen LogP) is 4.84. The molecule has 124 valence electrons. The Kier molecular flexibility index (Phi) is 6.93. The van der Waals surface area contributed by atoms with Gasteiger partial charge >= 0.3 is 0 Å². The number of hydrogen-bond donors (Lipinski definition) is 1. The van der Waals surface area contributed by atoms with Crippen LogP contribution in [0.15, 0.2) is 40.9 Å². The minimum absolute atomic E-state index is 0.533. The van der Waals surface area contributed by atoms with Gasteiger partial charge in [0.2, 0.25) is 0 Å². The van der Waals surface area contributed by atoms with Gasteiger partial charge in [0.25, 0.3) is 0 Å². The van der Waals surface area contributed by atoms with Gasteiger partial charge in [-0.3, -0.25) is 0 Å². The van der Waals surface area contributed by atoms with Crippen LogP contribution >= 0.6 is 15.9 Å². The molecule has 2 aromatic carbocycles. The van der Waals surface area contributed by atoms with E-state index in [9.17, 15) is 0 Å². The second-order valence-corrected chi connectivity index (χ2v) is 6.17. The van der Waals surface area contributed by atoms with Crippen molar-refractivity contribution in [1.82, 2.24) is 5.32 Å². The summed E-state index contributed by atoms with van der Waals surface area (Å²) in [4.78, 5) is 0. The van der Waals surface area contributed by atoms with Crippen molar-refractivity contribution in [2.75, 3.05) is 13.2 Å². The van der Waals surface area contributed by atoms with E-state index in [1.165, 1.54) is 16.7 Å². The third-order valence-electron chi connectivity index (χ3n) is 3.62. The molecular weight excluding hydrogens is 354 g/mol. The van der Waals surface area contributed by atoms with Gasteiger partial charge in [0.15, 0.2) is 11.5 Å². The maximum atomic E-state index is 6.02. The molecule has 4 heteroatoms. The van der Waals surface area contributed by atoms with Crippen LogP contribution in [0.1, 0.15) is 30.5 Å². The van der Waals surface area contributed by atoms with Gasteiger partial charge < -0.3 is 14.8 Å². The van der Waals surface area contributed by atoms with E-state index in [2.05, 4.69) is 47.2 Å². The third-order valence-corrected chi connectivity index (χ3v) is 4.36. The number of benzene rings is 2. The molecule has 0 aliphatic rings. The Balaban J connectivity index is 2.19. The summed E-state index contributed by atoms with van der Waals surface area (Å²) in [5, 5.41) is 3.33. The van der Waals surface area contributed by atoms with E-state index in [4.69, 9.17) is 9.47 Å². The summed E-state index contributed by atoms with van der Waals surface area (Å²) in [6.07, 6.45) is 0. The number of ether oxygens (including phenoxy) is 2. The minimum atomic E-state index is 0.533. The molecular formula is C19H24BrNO2. The topological polar surface area (TPSA) is 30.5 Å². The first-order valence-electron chi connectivity index (χ1n) is 7.99. The number of rotatable bonds is 8. The zero-order valence-electron chi connectivity index (χ0n) is 14.0. The molecule has 0 unspecified atom stereocenters. The van der Waals surface area contributed by atoms with Gasteiger partial charge in [-0.25, -0.2) is 0 Å². The molecule has 2 aromatic rings. The van der Waals surface area contributed by atoms with Crippen LogP contribution in [0.4, 0.5) is 0 Å². The molecule has 0 aliphatic carbocycles. The van der Waals surface area contributed by atoms with Crippen LogP contribution < -0.4 is 14.8 Å². The highest BCUT2D eigenvalue weighted by Gasteiger charge is 2.11. The standard InChI is InChI=1S/C19H24BrNO2/c1-4-21-12-16-10-18(22-5-2)19(11-17(16)20)23-13-15-9-7-6-8-14(15)3/h6-11,21H,4-5,12-13H2,1-3H3. The highest BCUT2D eigenvalue weighted by atomic mass is 79.9. The second kappa shape index (κ2) is 8.94. The largest absolute Gasteiger partial charge is 0.490 e. The summed E-state index contributed by atoms with van der Waals surface area (Å²) in [6.45, 7) is 9.05. The molecule has 0 heterocycles. The summed E-state index contributed by atoms with van der Waals surface area (Å²) in [5.74, 6) is 1.56. The molecule has 23 heavy (non-hydrogen) atoms. The second-order valence-electron chi connectivity index (χ2n) is 5.32. The zero-order chi connectivity index (χ0) is 16.7. The normalized spacial score (nSPS) is 10.6. The zero-order valence-corrected chi connectivity index (χ0v) is 15.6. The Morgan fingerprint density at radius 3 is 2.43 bits per heavy atom. The van der Waals surface area contributed by atoms with E-state index < -0.39 is 0 Å². The average Bonchev–Trinajstić information content (AvgIpc) is 2.55. The van der Waals surface area contributed by atoms with Gasteiger partial charge in [-0.2, -0.15) is 0 Å². The summed E-state index contributed by atoms with van der Waals surface area (Å²) in [6, 6.07) is 12.3. The lowest BCUT2D eigenvalue weighted by Gasteiger charge is -2.16. The van der Waals surface area contributed by atoms with Gasteiger partial charge in [-0.1, -0.05) is 47.1 Å². The van der Waals surface area contributed by atoms with Crippen LogP contribution in [0.3, 0.4) is 0 Å². The van der Waals surface area contributed by atoms with Crippen LogP contribution in [-0.4, -0.2) is 13.2 Å². The molecule has 2 rings (SSSR count). The lowest BCUT2D eigenvalue weighted by molar-refractivity contribution is 0.268. The summed E-state index contributed by atoms with van der Waals surface area (Å²) < 4.78 is 12.8. The third kappa shape index (κ3) is 4.98. The number of hydrogen-bond acceptors (Lipinski definition) is 3. The van der Waals surface area contributed by atoms with Crippen molar-refractivity contribution >= 4 is 15.9 Å². The Morgan fingerprint density at radius 2 is 1.74 bits per heavy atom. The predicted molar refractivity (Wildman–Crippen MR) is 98.2 cm³/mol. The van der Waals surface area contributed by atoms with Crippen molar-refractivity contribution in [2.45, 2.75) is 33.9 Å². The first-order valence-corrected chi connectivity index (χ1v) is 8.78. The molecule has 1 N–H and O–H groups in total. The van der Waals surface area contributed by atoms with Crippen LogP contribution in [-0.2, 0) is 13.2 Å².